The number of nitrogens with zero attached hydrogens (tertiary/aromatic N) is 1. The maximum Gasteiger partial charge on any atom is 0.165 e. The van der Waals surface area contributed by atoms with E-state index in [1.54, 1.807) is 6.07 Å². The van der Waals surface area contributed by atoms with Gasteiger partial charge in [0.15, 0.2) is 11.6 Å². The van der Waals surface area contributed by atoms with Gasteiger partial charge >= 0.3 is 0 Å². The number of benzene rings is 1. The van der Waals surface area contributed by atoms with Gasteiger partial charge in [-0.15, -0.1) is 12.4 Å². The number of hydrogen-bond acceptors (Lipinski definition) is 3. The molecule has 2 N–H and O–H groups in total. The highest BCUT2D eigenvalue weighted by Gasteiger charge is 2.25. The van der Waals surface area contributed by atoms with E-state index in [9.17, 15) is 13.9 Å². The van der Waals surface area contributed by atoms with Crippen molar-refractivity contribution in [3.63, 3.8) is 0 Å². The molecule has 1 aliphatic heterocycles. The van der Waals surface area contributed by atoms with E-state index in [1.165, 1.54) is 12.1 Å². The predicted molar refractivity (Wildman–Crippen MR) is 68.5 cm³/mol. The quantitative estimate of drug-likeness (QED) is 0.886. The molecule has 0 radical (unpaired) electrons. The molecule has 102 valence electrons. The molecule has 1 aliphatic rings. The van der Waals surface area contributed by atoms with Crippen LogP contribution in [0.2, 0.25) is 0 Å². The number of nitrogens with one attached hydrogen (secondary N) is 1. The van der Waals surface area contributed by atoms with E-state index in [1.807, 2.05) is 4.90 Å². The Balaban J connectivity index is 0.00000162. The number of halogens is 3. The molecule has 1 aromatic rings. The van der Waals surface area contributed by atoms with Gasteiger partial charge in [-0.2, -0.15) is 0 Å². The van der Waals surface area contributed by atoms with Crippen LogP contribution < -0.4 is 5.32 Å². The molecule has 1 heterocycles. The van der Waals surface area contributed by atoms with Crippen LogP contribution >= 0.6 is 12.4 Å². The van der Waals surface area contributed by atoms with Crippen molar-refractivity contribution in [2.24, 2.45) is 0 Å². The Bertz CT molecular complexity index is 386. The summed E-state index contributed by atoms with van der Waals surface area (Å²) in [6.07, 6.45) is 0. The third kappa shape index (κ3) is 3.10. The first kappa shape index (κ1) is 15.1. The first-order chi connectivity index (χ1) is 8.24. The molecule has 0 spiro atoms. The van der Waals surface area contributed by atoms with Gasteiger partial charge < -0.3 is 10.4 Å². The molecule has 3 nitrogen and oxygen atoms in total. The zero-order chi connectivity index (χ0) is 12.3. The van der Waals surface area contributed by atoms with Gasteiger partial charge in [0.05, 0.1) is 6.04 Å². The van der Waals surface area contributed by atoms with Crippen LogP contribution in [-0.2, 0) is 0 Å². The Labute approximate surface area is 111 Å². The number of piperazine rings is 1. The van der Waals surface area contributed by atoms with Gasteiger partial charge in [0.25, 0.3) is 0 Å². The van der Waals surface area contributed by atoms with Gasteiger partial charge in [-0.1, -0.05) is 12.1 Å². The number of alkyl halides is 1. The van der Waals surface area contributed by atoms with E-state index in [2.05, 4.69) is 5.32 Å². The van der Waals surface area contributed by atoms with Crippen LogP contribution in [-0.4, -0.2) is 42.9 Å². The minimum Gasteiger partial charge on any atom is -0.505 e. The van der Waals surface area contributed by atoms with Gasteiger partial charge in [0, 0.05) is 31.7 Å². The van der Waals surface area contributed by atoms with Crippen molar-refractivity contribution in [2.75, 3.05) is 32.9 Å². The molecule has 0 amide bonds. The molecule has 1 fully saturated rings. The lowest BCUT2D eigenvalue weighted by atomic mass is 10.0. The highest BCUT2D eigenvalue weighted by molar-refractivity contribution is 5.85. The number of rotatable bonds is 3. The van der Waals surface area contributed by atoms with E-state index in [4.69, 9.17) is 0 Å². The third-order valence-corrected chi connectivity index (χ3v) is 3.12. The Hall–Kier alpha value is -0.910. The lowest BCUT2D eigenvalue weighted by Crippen LogP contribution is -2.45. The second-order valence-corrected chi connectivity index (χ2v) is 4.13. The summed E-state index contributed by atoms with van der Waals surface area (Å²) < 4.78 is 26.4. The van der Waals surface area contributed by atoms with Crippen molar-refractivity contribution < 1.29 is 13.9 Å². The van der Waals surface area contributed by atoms with Crippen molar-refractivity contribution in [2.45, 2.75) is 6.04 Å². The zero-order valence-corrected chi connectivity index (χ0v) is 10.7. The Morgan fingerprint density at radius 2 is 2.00 bits per heavy atom. The molecule has 0 saturated carbocycles. The summed E-state index contributed by atoms with van der Waals surface area (Å²) >= 11 is 0. The van der Waals surface area contributed by atoms with Gasteiger partial charge in [0.1, 0.15) is 6.67 Å². The summed E-state index contributed by atoms with van der Waals surface area (Å²) in [6.45, 7) is 2.34. The molecular weight excluding hydrogens is 262 g/mol. The fourth-order valence-corrected chi connectivity index (χ4v) is 2.17. The van der Waals surface area contributed by atoms with E-state index < -0.39 is 24.3 Å². The summed E-state index contributed by atoms with van der Waals surface area (Å²) in [5.41, 5.74) is 0.328. The molecule has 0 aliphatic carbocycles. The summed E-state index contributed by atoms with van der Waals surface area (Å²) in [5, 5.41) is 12.8. The molecular formula is C12H17ClF2N2O. The van der Waals surface area contributed by atoms with Gasteiger partial charge in [-0.25, -0.2) is 8.78 Å². The zero-order valence-electron chi connectivity index (χ0n) is 9.90. The van der Waals surface area contributed by atoms with Crippen molar-refractivity contribution in [1.82, 2.24) is 10.2 Å². The fraction of sp³-hybridized carbons (Fsp3) is 0.500. The smallest absolute Gasteiger partial charge is 0.165 e. The molecule has 18 heavy (non-hydrogen) atoms. The van der Waals surface area contributed by atoms with Crippen LogP contribution in [0, 0.1) is 5.82 Å². The Morgan fingerprint density at radius 1 is 1.33 bits per heavy atom. The monoisotopic (exact) mass is 278 g/mol. The van der Waals surface area contributed by atoms with Gasteiger partial charge in [-0.05, 0) is 6.07 Å². The summed E-state index contributed by atoms with van der Waals surface area (Å²) in [5.74, 6) is -1.13. The second-order valence-electron chi connectivity index (χ2n) is 4.13. The van der Waals surface area contributed by atoms with Crippen molar-refractivity contribution >= 4 is 12.4 Å². The van der Waals surface area contributed by atoms with E-state index in [0.717, 1.165) is 13.1 Å². The topological polar surface area (TPSA) is 35.5 Å². The summed E-state index contributed by atoms with van der Waals surface area (Å²) in [6, 6.07) is 3.68. The Kier molecular flexibility index (Phi) is 5.78. The first-order valence-electron chi connectivity index (χ1n) is 5.72. The van der Waals surface area contributed by atoms with Crippen LogP contribution in [0.3, 0.4) is 0 Å². The predicted octanol–water partition coefficient (Wildman–Crippen LogP) is 1.87. The first-order valence-corrected chi connectivity index (χ1v) is 5.72. The normalized spacial score (nSPS) is 18.1. The number of hydrogen-bond donors (Lipinski definition) is 2. The number of para-hydroxylation sites is 1. The van der Waals surface area contributed by atoms with E-state index >= 15 is 0 Å². The average molecular weight is 279 g/mol. The largest absolute Gasteiger partial charge is 0.505 e. The number of phenols is 1. The molecule has 6 heteroatoms. The molecule has 0 bridgehead atoms. The van der Waals surface area contributed by atoms with Gasteiger partial charge in [-0.3, -0.25) is 4.90 Å². The summed E-state index contributed by atoms with van der Waals surface area (Å²) in [7, 11) is 0. The molecule has 0 aromatic heterocycles. The maximum absolute atomic E-state index is 13.2. The highest BCUT2D eigenvalue weighted by atomic mass is 35.5. The molecule has 0 unspecified atom stereocenters. The summed E-state index contributed by atoms with van der Waals surface area (Å²) in [4.78, 5) is 1.92. The third-order valence-electron chi connectivity index (χ3n) is 3.12. The fourth-order valence-electron chi connectivity index (χ4n) is 2.17. The molecule has 1 aromatic carbocycles. The number of phenolic OH excluding ortho intramolecular Hbond substituents is 1. The maximum atomic E-state index is 13.2. The van der Waals surface area contributed by atoms with Crippen molar-refractivity contribution in [3.05, 3.63) is 29.6 Å². The van der Waals surface area contributed by atoms with Crippen LogP contribution in [0.5, 0.6) is 5.75 Å². The van der Waals surface area contributed by atoms with Crippen LogP contribution in [0.25, 0.3) is 0 Å². The van der Waals surface area contributed by atoms with Crippen molar-refractivity contribution in [3.8, 4) is 5.75 Å². The minimum atomic E-state index is -0.698. The standard InChI is InChI=1S/C12H16F2N2O.ClH/c13-8-11(16-6-4-15-5-7-16)9-2-1-3-10(14)12(9)17;/h1-3,11,15,17H,4-8H2;1H/t11-;/m1./s1. The van der Waals surface area contributed by atoms with Crippen molar-refractivity contribution in [1.29, 1.82) is 0 Å². The Morgan fingerprint density at radius 3 is 2.61 bits per heavy atom. The lowest BCUT2D eigenvalue weighted by molar-refractivity contribution is 0.144. The molecule has 1 atom stereocenters. The van der Waals surface area contributed by atoms with Crippen LogP contribution in [0.1, 0.15) is 11.6 Å². The SMILES string of the molecule is Cl.Oc1c(F)cccc1[C@@H](CF)N1CCNCC1. The number of aromatic hydroxyl groups is 1. The highest BCUT2D eigenvalue weighted by Crippen LogP contribution is 2.31. The van der Waals surface area contributed by atoms with Crippen LogP contribution in [0.15, 0.2) is 18.2 Å². The lowest BCUT2D eigenvalue weighted by Gasteiger charge is -2.33. The molecule has 1 saturated heterocycles. The average Bonchev–Trinajstić information content (AvgIpc) is 2.37. The van der Waals surface area contributed by atoms with Crippen LogP contribution in [0.4, 0.5) is 8.78 Å². The minimum absolute atomic E-state index is 0. The van der Waals surface area contributed by atoms with E-state index in [0.29, 0.717) is 18.7 Å². The second kappa shape index (κ2) is 6.87. The van der Waals surface area contributed by atoms with Gasteiger partial charge in [0.2, 0.25) is 0 Å². The molecule has 2 rings (SSSR count). The van der Waals surface area contributed by atoms with E-state index in [-0.39, 0.29) is 12.4 Å².